The summed E-state index contributed by atoms with van der Waals surface area (Å²) >= 11 is 0. The van der Waals surface area contributed by atoms with E-state index in [1.165, 1.54) is 0 Å². The van der Waals surface area contributed by atoms with Crippen LogP contribution in [0, 0.1) is 5.41 Å². The minimum absolute atomic E-state index is 0.168. The van der Waals surface area contributed by atoms with Crippen LogP contribution in [0.25, 0.3) is 0 Å². The lowest BCUT2D eigenvalue weighted by atomic mass is 10.1. The van der Waals surface area contributed by atoms with Crippen molar-refractivity contribution >= 4 is 11.7 Å². The maximum Gasteiger partial charge on any atom is 0.161 e. The van der Waals surface area contributed by atoms with Gasteiger partial charge in [0.15, 0.2) is 17.3 Å². The summed E-state index contributed by atoms with van der Waals surface area (Å²) in [6.45, 7) is 4.90. The highest BCUT2D eigenvalue weighted by Crippen LogP contribution is 2.33. The number of fused-ring (bicyclic) bond motifs is 1. The number of amidine groups is 2. The Morgan fingerprint density at radius 2 is 1.65 bits per heavy atom. The number of nitrogens with one attached hydrogen (secondary N) is 1. The first-order valence-electron chi connectivity index (χ1n) is 5.54. The lowest BCUT2D eigenvalue weighted by Crippen LogP contribution is -2.11. The minimum atomic E-state index is 0.168. The number of nitrogens with two attached hydrogens (primary N) is 1. The van der Waals surface area contributed by atoms with Gasteiger partial charge in [-0.25, -0.2) is 4.99 Å². The molecule has 5 nitrogen and oxygen atoms in total. The summed E-state index contributed by atoms with van der Waals surface area (Å²) in [6.07, 6.45) is 0. The van der Waals surface area contributed by atoms with Crippen molar-refractivity contribution in [3.05, 3.63) is 23.3 Å². The van der Waals surface area contributed by atoms with Gasteiger partial charge in [-0.1, -0.05) is 0 Å². The van der Waals surface area contributed by atoms with Crippen molar-refractivity contribution in [2.24, 2.45) is 10.7 Å². The summed E-state index contributed by atoms with van der Waals surface area (Å²) in [6, 6.07) is 3.54. The van der Waals surface area contributed by atoms with E-state index < -0.39 is 0 Å². The summed E-state index contributed by atoms with van der Waals surface area (Å²) in [5.74, 6) is 1.79. The summed E-state index contributed by atoms with van der Waals surface area (Å²) < 4.78 is 11.0. The number of hydrogen-bond donors (Lipinski definition) is 2. The van der Waals surface area contributed by atoms with Crippen LogP contribution in [0.15, 0.2) is 17.1 Å². The third-order valence-corrected chi connectivity index (χ3v) is 2.45. The molecule has 0 aromatic heterocycles. The van der Waals surface area contributed by atoms with Gasteiger partial charge in [-0.3, -0.25) is 5.41 Å². The van der Waals surface area contributed by atoms with Crippen LogP contribution in [0.5, 0.6) is 11.5 Å². The van der Waals surface area contributed by atoms with Crippen molar-refractivity contribution in [1.82, 2.24) is 0 Å². The lowest BCUT2D eigenvalue weighted by molar-refractivity contribution is 0.287. The number of benzene rings is 1. The molecule has 1 aromatic carbocycles. The molecule has 0 spiro atoms. The van der Waals surface area contributed by atoms with E-state index in [0.717, 1.165) is 5.56 Å². The molecule has 0 bridgehead atoms. The summed E-state index contributed by atoms with van der Waals surface area (Å²) in [5, 5.41) is 7.70. The molecule has 1 aliphatic heterocycles. The zero-order chi connectivity index (χ0) is 12.4. The van der Waals surface area contributed by atoms with Gasteiger partial charge in [0.2, 0.25) is 0 Å². The molecule has 1 heterocycles. The van der Waals surface area contributed by atoms with Gasteiger partial charge in [-0.2, -0.15) is 0 Å². The molecular weight excluding hydrogens is 218 g/mol. The fourth-order valence-corrected chi connectivity index (χ4v) is 1.75. The van der Waals surface area contributed by atoms with Crippen LogP contribution in [0.4, 0.5) is 0 Å². The van der Waals surface area contributed by atoms with Crippen molar-refractivity contribution < 1.29 is 9.47 Å². The van der Waals surface area contributed by atoms with Crippen molar-refractivity contribution in [3.63, 3.8) is 0 Å². The molecule has 0 amide bonds. The average Bonchev–Trinajstić information content (AvgIpc) is 2.56. The van der Waals surface area contributed by atoms with Crippen LogP contribution < -0.4 is 15.2 Å². The molecule has 0 saturated carbocycles. The fourth-order valence-electron chi connectivity index (χ4n) is 1.75. The molecule has 1 aromatic rings. The van der Waals surface area contributed by atoms with Crippen molar-refractivity contribution in [2.75, 3.05) is 13.2 Å². The second-order valence-electron chi connectivity index (χ2n) is 3.56. The van der Waals surface area contributed by atoms with Gasteiger partial charge in [0.1, 0.15) is 5.84 Å². The van der Waals surface area contributed by atoms with Gasteiger partial charge >= 0.3 is 0 Å². The SMILES string of the molecule is CCOc1cc2c(cc1OCC)C(N)=NC2=N. The molecule has 0 radical (unpaired) electrons. The average molecular weight is 233 g/mol. The Balaban J connectivity index is 2.50. The molecule has 1 aliphatic rings. The number of ether oxygens (including phenoxy) is 2. The highest BCUT2D eigenvalue weighted by atomic mass is 16.5. The first kappa shape index (κ1) is 11.4. The van der Waals surface area contributed by atoms with E-state index in [2.05, 4.69) is 4.99 Å². The predicted molar refractivity (Wildman–Crippen MR) is 66.3 cm³/mol. The third-order valence-electron chi connectivity index (χ3n) is 2.45. The number of aliphatic imine (C=N–C) groups is 1. The Labute approximate surface area is 99.8 Å². The Hall–Kier alpha value is -2.04. The highest BCUT2D eigenvalue weighted by molar-refractivity contribution is 6.21. The van der Waals surface area contributed by atoms with Gasteiger partial charge < -0.3 is 15.2 Å². The molecule has 2 rings (SSSR count). The van der Waals surface area contributed by atoms with Crippen LogP contribution in [0.1, 0.15) is 25.0 Å². The first-order chi connectivity index (χ1) is 8.17. The Morgan fingerprint density at radius 1 is 1.12 bits per heavy atom. The summed E-state index contributed by atoms with van der Waals surface area (Å²) in [4.78, 5) is 3.93. The van der Waals surface area contributed by atoms with Gasteiger partial charge in [-0.15, -0.1) is 0 Å². The lowest BCUT2D eigenvalue weighted by Gasteiger charge is -2.12. The van der Waals surface area contributed by atoms with E-state index in [1.54, 1.807) is 12.1 Å². The zero-order valence-electron chi connectivity index (χ0n) is 9.91. The minimum Gasteiger partial charge on any atom is -0.490 e. The summed E-state index contributed by atoms with van der Waals surface area (Å²) in [7, 11) is 0. The molecular formula is C12H15N3O2. The maximum atomic E-state index is 7.70. The molecule has 0 fully saturated rings. The van der Waals surface area contributed by atoms with Gasteiger partial charge in [-0.05, 0) is 26.0 Å². The monoisotopic (exact) mass is 233 g/mol. The van der Waals surface area contributed by atoms with E-state index >= 15 is 0 Å². The standard InChI is InChI=1S/C12H15N3O2/c1-3-16-9-5-7-8(6-10(9)17-4-2)12(14)15-11(7)13/h5-6H,3-4H2,1-2H3,(H3,13,14,15). The van der Waals surface area contributed by atoms with E-state index in [4.69, 9.17) is 20.6 Å². The smallest absolute Gasteiger partial charge is 0.161 e. The quantitative estimate of drug-likeness (QED) is 0.827. The molecule has 3 N–H and O–H groups in total. The molecule has 0 unspecified atom stereocenters. The van der Waals surface area contributed by atoms with Crippen molar-refractivity contribution in [1.29, 1.82) is 5.41 Å². The van der Waals surface area contributed by atoms with Gasteiger partial charge in [0, 0.05) is 11.1 Å². The second-order valence-corrected chi connectivity index (χ2v) is 3.56. The van der Waals surface area contributed by atoms with E-state index in [9.17, 15) is 0 Å². The van der Waals surface area contributed by atoms with Gasteiger partial charge in [0.05, 0.1) is 13.2 Å². The van der Waals surface area contributed by atoms with Crippen LogP contribution >= 0.6 is 0 Å². The van der Waals surface area contributed by atoms with Crippen LogP contribution in [0.3, 0.4) is 0 Å². The maximum absolute atomic E-state index is 7.70. The Morgan fingerprint density at radius 3 is 2.18 bits per heavy atom. The highest BCUT2D eigenvalue weighted by Gasteiger charge is 2.22. The fraction of sp³-hybridized carbons (Fsp3) is 0.333. The zero-order valence-corrected chi connectivity index (χ0v) is 9.91. The normalized spacial score (nSPS) is 13.3. The first-order valence-corrected chi connectivity index (χ1v) is 5.54. The molecule has 0 atom stereocenters. The molecule has 0 saturated heterocycles. The number of nitrogens with zero attached hydrogens (tertiary/aromatic N) is 1. The van der Waals surface area contributed by atoms with Crippen molar-refractivity contribution in [2.45, 2.75) is 13.8 Å². The van der Waals surface area contributed by atoms with Gasteiger partial charge in [0.25, 0.3) is 0 Å². The Bertz CT molecular complexity index is 495. The van der Waals surface area contributed by atoms with E-state index in [0.29, 0.717) is 36.1 Å². The molecule has 17 heavy (non-hydrogen) atoms. The van der Waals surface area contributed by atoms with Crippen molar-refractivity contribution in [3.8, 4) is 11.5 Å². The topological polar surface area (TPSA) is 80.7 Å². The van der Waals surface area contributed by atoms with Crippen LogP contribution in [-0.2, 0) is 0 Å². The second kappa shape index (κ2) is 4.45. The Kier molecular flexibility index (Phi) is 2.99. The predicted octanol–water partition coefficient (Wildman–Crippen LogP) is 1.53. The molecule has 0 aliphatic carbocycles. The number of hydrogen-bond acceptors (Lipinski definition) is 4. The van der Waals surface area contributed by atoms with Crippen LogP contribution in [0.2, 0.25) is 0 Å². The number of rotatable bonds is 4. The van der Waals surface area contributed by atoms with E-state index in [-0.39, 0.29) is 5.84 Å². The molecule has 5 heteroatoms. The summed E-state index contributed by atoms with van der Waals surface area (Å²) in [5.41, 5.74) is 7.17. The largest absolute Gasteiger partial charge is 0.490 e. The van der Waals surface area contributed by atoms with Crippen LogP contribution in [-0.4, -0.2) is 24.9 Å². The third kappa shape index (κ3) is 1.95. The molecule has 90 valence electrons. The van der Waals surface area contributed by atoms with E-state index in [1.807, 2.05) is 13.8 Å².